The van der Waals surface area contributed by atoms with Crippen molar-refractivity contribution in [3.8, 4) is 0 Å². The van der Waals surface area contributed by atoms with Crippen LogP contribution in [0.1, 0.15) is 22.3 Å². The number of nitrogens with zero attached hydrogens (tertiary/aromatic N) is 2. The van der Waals surface area contributed by atoms with Gasteiger partial charge in [-0.15, -0.1) is 0 Å². The second-order valence-corrected chi connectivity index (χ2v) is 7.22. The Morgan fingerprint density at radius 2 is 1.57 bits per heavy atom. The maximum atomic E-state index is 4.84. The van der Waals surface area contributed by atoms with Crippen LogP contribution in [0.2, 0.25) is 0 Å². The van der Waals surface area contributed by atoms with Gasteiger partial charge in [-0.2, -0.15) is 0 Å². The molecule has 3 aromatic carbocycles. The maximum absolute atomic E-state index is 4.84. The monoisotopic (exact) mass is 366 g/mol. The molecule has 0 atom stereocenters. The Hall–Kier alpha value is -3.13. The number of fused-ring (bicyclic) bond motifs is 1. The summed E-state index contributed by atoms with van der Waals surface area (Å²) in [5, 5.41) is 0. The topological polar surface area (TPSA) is 15.6 Å². The molecule has 28 heavy (non-hydrogen) atoms. The largest absolute Gasteiger partial charge is 0.372 e. The quantitative estimate of drug-likeness (QED) is 0.588. The van der Waals surface area contributed by atoms with Crippen molar-refractivity contribution in [3.63, 3.8) is 0 Å². The molecule has 0 aliphatic carbocycles. The van der Waals surface area contributed by atoms with E-state index in [1.165, 1.54) is 27.9 Å². The molecular weight excluding hydrogens is 340 g/mol. The summed E-state index contributed by atoms with van der Waals surface area (Å²) in [5.41, 5.74) is 7.56. The molecule has 0 unspecified atom stereocenters. The first-order chi connectivity index (χ1) is 13.8. The predicted molar refractivity (Wildman–Crippen MR) is 120 cm³/mol. The van der Waals surface area contributed by atoms with Gasteiger partial charge in [0.05, 0.1) is 12.3 Å². The lowest BCUT2D eigenvalue weighted by Crippen LogP contribution is -2.20. The van der Waals surface area contributed by atoms with Gasteiger partial charge < -0.3 is 4.90 Å². The van der Waals surface area contributed by atoms with Crippen molar-refractivity contribution in [2.24, 2.45) is 4.99 Å². The smallest absolute Gasteiger partial charge is 0.0668 e. The normalized spacial score (nSPS) is 13.9. The molecule has 1 aliphatic rings. The van der Waals surface area contributed by atoms with Crippen molar-refractivity contribution >= 4 is 17.5 Å². The van der Waals surface area contributed by atoms with E-state index in [1.807, 2.05) is 0 Å². The molecule has 2 heteroatoms. The Kier molecular flexibility index (Phi) is 5.67. The van der Waals surface area contributed by atoms with Gasteiger partial charge >= 0.3 is 0 Å². The molecule has 1 heterocycles. The summed E-state index contributed by atoms with van der Waals surface area (Å²) < 4.78 is 0. The number of benzene rings is 3. The van der Waals surface area contributed by atoms with Crippen LogP contribution in [0.3, 0.4) is 0 Å². The van der Waals surface area contributed by atoms with Crippen LogP contribution in [0, 0.1) is 0 Å². The molecule has 1 aliphatic heterocycles. The number of para-hydroxylation sites is 1. The Bertz CT molecular complexity index is 986. The molecule has 2 nitrogen and oxygen atoms in total. The van der Waals surface area contributed by atoms with Gasteiger partial charge in [0.1, 0.15) is 0 Å². The van der Waals surface area contributed by atoms with Crippen LogP contribution in [0.4, 0.5) is 5.69 Å². The Labute approximate surface area is 167 Å². The van der Waals surface area contributed by atoms with E-state index in [1.54, 1.807) is 0 Å². The van der Waals surface area contributed by atoms with Gasteiger partial charge in [-0.25, -0.2) is 0 Å². The Balaban J connectivity index is 1.57. The van der Waals surface area contributed by atoms with Gasteiger partial charge in [-0.1, -0.05) is 78.9 Å². The van der Waals surface area contributed by atoms with Crippen molar-refractivity contribution < 1.29 is 0 Å². The zero-order valence-corrected chi connectivity index (χ0v) is 16.4. The third-order valence-corrected chi connectivity index (χ3v) is 5.31. The van der Waals surface area contributed by atoms with E-state index in [0.717, 1.165) is 31.6 Å². The highest BCUT2D eigenvalue weighted by Crippen LogP contribution is 2.23. The SMILES string of the molecule is CN1CCN=C(/C=C/c2ccccc2CCc2ccccc2)c2ccccc21. The number of hydrogen-bond donors (Lipinski definition) is 0. The molecule has 0 amide bonds. The molecular formula is C26H26N2. The lowest BCUT2D eigenvalue weighted by Gasteiger charge is -2.18. The molecule has 0 saturated heterocycles. The number of rotatable bonds is 5. The molecule has 0 bridgehead atoms. The van der Waals surface area contributed by atoms with E-state index in [2.05, 4.69) is 103 Å². The van der Waals surface area contributed by atoms with Crippen LogP contribution in [0.15, 0.2) is 89.9 Å². The van der Waals surface area contributed by atoms with Gasteiger partial charge in [0.25, 0.3) is 0 Å². The first-order valence-electron chi connectivity index (χ1n) is 9.96. The third-order valence-electron chi connectivity index (χ3n) is 5.31. The van der Waals surface area contributed by atoms with Gasteiger partial charge in [0.15, 0.2) is 0 Å². The fraction of sp³-hybridized carbons (Fsp3) is 0.192. The Morgan fingerprint density at radius 3 is 2.46 bits per heavy atom. The molecule has 4 rings (SSSR count). The number of allylic oxidation sites excluding steroid dienone is 1. The molecule has 0 radical (unpaired) electrons. The van der Waals surface area contributed by atoms with E-state index < -0.39 is 0 Å². The van der Waals surface area contributed by atoms with Gasteiger partial charge in [-0.05, 0) is 41.7 Å². The van der Waals surface area contributed by atoms with E-state index in [0.29, 0.717) is 0 Å². The predicted octanol–water partition coefficient (Wildman–Crippen LogP) is 5.42. The van der Waals surface area contributed by atoms with Crippen LogP contribution in [0.25, 0.3) is 6.08 Å². The van der Waals surface area contributed by atoms with Gasteiger partial charge in [0, 0.05) is 24.8 Å². The van der Waals surface area contributed by atoms with Gasteiger partial charge in [-0.3, -0.25) is 4.99 Å². The fourth-order valence-corrected chi connectivity index (χ4v) is 3.71. The molecule has 0 fully saturated rings. The lowest BCUT2D eigenvalue weighted by molar-refractivity contribution is 0.897. The van der Waals surface area contributed by atoms with E-state index in [9.17, 15) is 0 Å². The van der Waals surface area contributed by atoms with E-state index >= 15 is 0 Å². The average molecular weight is 367 g/mol. The highest BCUT2D eigenvalue weighted by Gasteiger charge is 2.13. The van der Waals surface area contributed by atoms with Gasteiger partial charge in [0.2, 0.25) is 0 Å². The number of aryl methyl sites for hydroxylation is 2. The fourth-order valence-electron chi connectivity index (χ4n) is 3.71. The van der Waals surface area contributed by atoms with Crippen molar-refractivity contribution in [2.75, 3.05) is 25.0 Å². The minimum absolute atomic E-state index is 0.820. The zero-order valence-electron chi connectivity index (χ0n) is 16.4. The van der Waals surface area contributed by atoms with Crippen molar-refractivity contribution in [1.82, 2.24) is 0 Å². The zero-order chi connectivity index (χ0) is 19.2. The summed E-state index contributed by atoms with van der Waals surface area (Å²) in [6.07, 6.45) is 6.50. The maximum Gasteiger partial charge on any atom is 0.0668 e. The minimum Gasteiger partial charge on any atom is -0.372 e. The highest BCUT2D eigenvalue weighted by molar-refractivity contribution is 6.14. The first kappa shape index (κ1) is 18.2. The van der Waals surface area contributed by atoms with Crippen molar-refractivity contribution in [3.05, 3.63) is 107 Å². The minimum atomic E-state index is 0.820. The van der Waals surface area contributed by atoms with Crippen molar-refractivity contribution in [2.45, 2.75) is 12.8 Å². The summed E-state index contributed by atoms with van der Waals surface area (Å²) in [7, 11) is 2.14. The number of benzodiazepines with no additional fused rings is 1. The molecule has 0 saturated carbocycles. The number of anilines is 1. The van der Waals surface area contributed by atoms with Crippen LogP contribution < -0.4 is 4.90 Å². The molecule has 140 valence electrons. The average Bonchev–Trinajstić information content (AvgIpc) is 2.91. The van der Waals surface area contributed by atoms with Crippen LogP contribution >= 0.6 is 0 Å². The van der Waals surface area contributed by atoms with Crippen LogP contribution in [-0.2, 0) is 12.8 Å². The number of hydrogen-bond acceptors (Lipinski definition) is 2. The summed E-state index contributed by atoms with van der Waals surface area (Å²) >= 11 is 0. The number of likely N-dealkylation sites (N-methyl/N-ethyl adjacent to an activating group) is 1. The number of aliphatic imine (C=N–C) groups is 1. The molecule has 0 aromatic heterocycles. The van der Waals surface area contributed by atoms with Crippen LogP contribution in [0.5, 0.6) is 0 Å². The molecule has 0 spiro atoms. The first-order valence-corrected chi connectivity index (χ1v) is 9.96. The van der Waals surface area contributed by atoms with Crippen molar-refractivity contribution in [1.29, 1.82) is 0 Å². The summed E-state index contributed by atoms with van der Waals surface area (Å²) in [6, 6.07) is 27.9. The lowest BCUT2D eigenvalue weighted by atomic mass is 9.98. The summed E-state index contributed by atoms with van der Waals surface area (Å²) in [4.78, 5) is 7.13. The second kappa shape index (κ2) is 8.71. The Morgan fingerprint density at radius 1 is 0.821 bits per heavy atom. The standard InChI is InChI=1S/C26H26N2/c1-28-20-19-27-25(24-13-7-8-14-26(24)28)18-17-23-12-6-5-11-22(23)16-15-21-9-3-2-4-10-21/h2-14,17-18H,15-16,19-20H2,1H3/b18-17+. The second-order valence-electron chi connectivity index (χ2n) is 7.22. The van der Waals surface area contributed by atoms with Crippen LogP contribution in [-0.4, -0.2) is 25.8 Å². The third kappa shape index (κ3) is 4.23. The van der Waals surface area contributed by atoms with E-state index in [-0.39, 0.29) is 0 Å². The highest BCUT2D eigenvalue weighted by atomic mass is 15.1. The molecule has 0 N–H and O–H groups in total. The molecule has 3 aromatic rings. The van der Waals surface area contributed by atoms with E-state index in [4.69, 9.17) is 4.99 Å². The summed E-state index contributed by atoms with van der Waals surface area (Å²) in [6.45, 7) is 1.77. The summed E-state index contributed by atoms with van der Waals surface area (Å²) in [5.74, 6) is 0.